The minimum atomic E-state index is 0.0683. The Labute approximate surface area is 351 Å². The SMILES string of the molecule is CCCCCCCCCCCCCCCCCCCCCCCCCC(=O)OC1CCC2(C)C(=CCC3C2CCC2(C)C(C(C)CCC(C)C(C)C)CCC32)C1. The van der Waals surface area contributed by atoms with E-state index in [0.29, 0.717) is 17.3 Å². The van der Waals surface area contributed by atoms with Crippen LogP contribution in [0.1, 0.15) is 267 Å². The number of esters is 1. The molecule has 4 aliphatic rings. The lowest BCUT2D eigenvalue weighted by Crippen LogP contribution is -2.51. The summed E-state index contributed by atoms with van der Waals surface area (Å²) < 4.78 is 6.17. The van der Waals surface area contributed by atoms with Crippen molar-refractivity contribution in [3.63, 3.8) is 0 Å². The molecule has 0 heterocycles. The van der Waals surface area contributed by atoms with Gasteiger partial charge in [-0.25, -0.2) is 0 Å². The molecule has 0 aliphatic heterocycles. The molecule has 2 heteroatoms. The quantitative estimate of drug-likeness (QED) is 0.0412. The van der Waals surface area contributed by atoms with E-state index in [9.17, 15) is 4.79 Å². The van der Waals surface area contributed by atoms with Gasteiger partial charge >= 0.3 is 5.97 Å². The number of hydrogen-bond donors (Lipinski definition) is 0. The van der Waals surface area contributed by atoms with E-state index in [1.165, 1.54) is 193 Å². The first-order chi connectivity index (χ1) is 27.1. The third-order valence-electron chi connectivity index (χ3n) is 17.3. The largest absolute Gasteiger partial charge is 0.462 e. The molecular weight excluding hydrogens is 681 g/mol. The van der Waals surface area contributed by atoms with Crippen molar-refractivity contribution in [2.75, 3.05) is 0 Å². The van der Waals surface area contributed by atoms with E-state index in [1.54, 1.807) is 5.57 Å². The molecule has 0 bridgehead atoms. The predicted molar refractivity (Wildman–Crippen MR) is 244 cm³/mol. The molecule has 56 heavy (non-hydrogen) atoms. The molecule has 0 aromatic carbocycles. The molecule has 0 saturated heterocycles. The van der Waals surface area contributed by atoms with Crippen LogP contribution in [-0.2, 0) is 9.53 Å². The average Bonchev–Trinajstić information content (AvgIpc) is 3.54. The number of carbonyl (C=O) groups is 1. The summed E-state index contributed by atoms with van der Waals surface area (Å²) in [6.07, 6.45) is 48.8. The highest BCUT2D eigenvalue weighted by Gasteiger charge is 2.59. The summed E-state index contributed by atoms with van der Waals surface area (Å²) in [6, 6.07) is 0. The van der Waals surface area contributed by atoms with E-state index < -0.39 is 0 Å². The van der Waals surface area contributed by atoms with Gasteiger partial charge in [-0.15, -0.1) is 0 Å². The van der Waals surface area contributed by atoms with Crippen molar-refractivity contribution in [1.29, 1.82) is 0 Å². The van der Waals surface area contributed by atoms with Crippen LogP contribution in [0.15, 0.2) is 11.6 Å². The summed E-state index contributed by atoms with van der Waals surface area (Å²) in [5.74, 6) is 6.11. The van der Waals surface area contributed by atoms with Crippen molar-refractivity contribution in [1.82, 2.24) is 0 Å². The fourth-order valence-electron chi connectivity index (χ4n) is 13.1. The zero-order valence-electron chi connectivity index (χ0n) is 39.1. The van der Waals surface area contributed by atoms with Gasteiger partial charge in [0.05, 0.1) is 0 Å². The van der Waals surface area contributed by atoms with Gasteiger partial charge in [0.15, 0.2) is 0 Å². The molecule has 0 amide bonds. The van der Waals surface area contributed by atoms with Crippen LogP contribution in [0.5, 0.6) is 0 Å². The second kappa shape index (κ2) is 25.7. The molecule has 0 N–H and O–H groups in total. The van der Waals surface area contributed by atoms with E-state index >= 15 is 0 Å². The van der Waals surface area contributed by atoms with Gasteiger partial charge in [-0.2, -0.15) is 0 Å². The first-order valence-electron chi connectivity index (χ1n) is 26.0. The number of fused-ring (bicyclic) bond motifs is 5. The van der Waals surface area contributed by atoms with Crippen molar-refractivity contribution in [3.05, 3.63) is 11.6 Å². The van der Waals surface area contributed by atoms with Gasteiger partial charge in [-0.3, -0.25) is 4.79 Å². The lowest BCUT2D eigenvalue weighted by Gasteiger charge is -2.58. The number of ether oxygens (including phenoxy) is 1. The maximum atomic E-state index is 12.9. The van der Waals surface area contributed by atoms with Gasteiger partial charge in [0.1, 0.15) is 6.10 Å². The first kappa shape index (κ1) is 47.9. The predicted octanol–water partition coefficient (Wildman–Crippen LogP) is 17.6. The second-order valence-electron chi connectivity index (χ2n) is 21.6. The standard InChI is InChI=1S/C54H98O2/c1-8-9-10-11-12-13-14-15-16-17-18-19-20-21-22-23-24-25-26-27-28-29-30-31-52(55)56-47-38-40-53(6)46(42-47)34-35-48-50-37-36-49(54(50,7)41-39-51(48)53)45(5)33-32-44(4)43(2)3/h34,43-45,47-51H,8-33,35-42H2,1-7H3. The Morgan fingerprint density at radius 1 is 0.643 bits per heavy atom. The summed E-state index contributed by atoms with van der Waals surface area (Å²) in [5, 5.41) is 0. The maximum Gasteiger partial charge on any atom is 0.306 e. The number of carbonyl (C=O) groups excluding carboxylic acids is 1. The van der Waals surface area contributed by atoms with Crippen LogP contribution in [0.25, 0.3) is 0 Å². The third kappa shape index (κ3) is 14.7. The van der Waals surface area contributed by atoms with E-state index in [0.717, 1.165) is 60.7 Å². The van der Waals surface area contributed by atoms with E-state index in [2.05, 4.69) is 54.5 Å². The van der Waals surface area contributed by atoms with E-state index in [-0.39, 0.29) is 12.1 Å². The van der Waals surface area contributed by atoms with E-state index in [4.69, 9.17) is 4.74 Å². The van der Waals surface area contributed by atoms with Gasteiger partial charge in [0, 0.05) is 12.8 Å². The Bertz CT molecular complexity index is 1090. The number of hydrogen-bond acceptors (Lipinski definition) is 2. The first-order valence-corrected chi connectivity index (χ1v) is 26.0. The van der Waals surface area contributed by atoms with Crippen molar-refractivity contribution in [2.45, 2.75) is 273 Å². The van der Waals surface area contributed by atoms with Crippen LogP contribution < -0.4 is 0 Å². The van der Waals surface area contributed by atoms with Gasteiger partial charge in [-0.1, -0.05) is 214 Å². The Morgan fingerprint density at radius 3 is 1.68 bits per heavy atom. The van der Waals surface area contributed by atoms with Gasteiger partial charge in [0.2, 0.25) is 0 Å². The molecule has 0 radical (unpaired) electrons. The number of unbranched alkanes of at least 4 members (excludes halogenated alkanes) is 22. The second-order valence-corrected chi connectivity index (χ2v) is 21.6. The van der Waals surface area contributed by atoms with Crippen LogP contribution in [0.2, 0.25) is 0 Å². The highest BCUT2D eigenvalue weighted by Crippen LogP contribution is 2.67. The van der Waals surface area contributed by atoms with Crippen LogP contribution in [0.4, 0.5) is 0 Å². The lowest BCUT2D eigenvalue weighted by molar-refractivity contribution is -0.151. The van der Waals surface area contributed by atoms with Crippen molar-refractivity contribution >= 4 is 5.97 Å². The number of allylic oxidation sites excluding steroid dienone is 1. The molecule has 2 nitrogen and oxygen atoms in total. The normalized spacial score (nSPS) is 29.7. The van der Waals surface area contributed by atoms with Crippen molar-refractivity contribution in [3.8, 4) is 0 Å². The monoisotopic (exact) mass is 779 g/mol. The van der Waals surface area contributed by atoms with Crippen LogP contribution in [-0.4, -0.2) is 12.1 Å². The zero-order valence-corrected chi connectivity index (χ0v) is 39.1. The van der Waals surface area contributed by atoms with Crippen LogP contribution in [0, 0.1) is 52.3 Å². The molecule has 326 valence electrons. The smallest absolute Gasteiger partial charge is 0.306 e. The van der Waals surface area contributed by atoms with Crippen LogP contribution >= 0.6 is 0 Å². The summed E-state index contributed by atoms with van der Waals surface area (Å²) in [5.41, 5.74) is 2.52. The van der Waals surface area contributed by atoms with Crippen molar-refractivity contribution < 1.29 is 9.53 Å². The van der Waals surface area contributed by atoms with Crippen LogP contribution in [0.3, 0.4) is 0 Å². The van der Waals surface area contributed by atoms with Gasteiger partial charge in [0.25, 0.3) is 0 Å². The molecular formula is C54H98O2. The summed E-state index contributed by atoms with van der Waals surface area (Å²) >= 11 is 0. The fourth-order valence-corrected chi connectivity index (χ4v) is 13.1. The fraction of sp³-hybridized carbons (Fsp3) is 0.944. The zero-order chi connectivity index (χ0) is 40.2. The maximum absolute atomic E-state index is 12.9. The molecule has 0 aromatic rings. The minimum Gasteiger partial charge on any atom is -0.462 e. The van der Waals surface area contributed by atoms with Gasteiger partial charge in [-0.05, 0) is 104 Å². The average molecular weight is 779 g/mol. The molecule has 3 saturated carbocycles. The molecule has 0 aromatic heterocycles. The van der Waals surface area contributed by atoms with Crippen molar-refractivity contribution in [2.24, 2.45) is 52.3 Å². The summed E-state index contributed by atoms with van der Waals surface area (Å²) in [6.45, 7) is 17.5. The Kier molecular flexibility index (Phi) is 22.0. The molecule has 3 fully saturated rings. The highest BCUT2D eigenvalue weighted by molar-refractivity contribution is 5.69. The Hall–Kier alpha value is -0.790. The molecule has 9 unspecified atom stereocenters. The van der Waals surface area contributed by atoms with E-state index in [1.807, 2.05) is 0 Å². The molecule has 4 aliphatic carbocycles. The van der Waals surface area contributed by atoms with Gasteiger partial charge < -0.3 is 4.74 Å². The minimum absolute atomic E-state index is 0.0683. The summed E-state index contributed by atoms with van der Waals surface area (Å²) in [4.78, 5) is 12.9. The Balaban J connectivity index is 0.987. The Morgan fingerprint density at radius 2 is 1.16 bits per heavy atom. The lowest BCUT2D eigenvalue weighted by atomic mass is 9.47. The molecule has 9 atom stereocenters. The molecule has 0 spiro atoms. The number of rotatable bonds is 30. The highest BCUT2D eigenvalue weighted by atomic mass is 16.5. The molecule has 4 rings (SSSR count). The third-order valence-corrected chi connectivity index (χ3v) is 17.3. The summed E-state index contributed by atoms with van der Waals surface area (Å²) in [7, 11) is 0. The topological polar surface area (TPSA) is 26.3 Å².